The molecule has 160 valence electrons. The molecule has 1 amide bonds. The van der Waals surface area contributed by atoms with Gasteiger partial charge in [-0.05, 0) is 48.2 Å². The van der Waals surface area contributed by atoms with Crippen LogP contribution in [0.2, 0.25) is 0 Å². The van der Waals surface area contributed by atoms with Crippen LogP contribution in [0.4, 0.5) is 5.69 Å². The highest BCUT2D eigenvalue weighted by molar-refractivity contribution is 7.92. The minimum Gasteiger partial charge on any atom is -0.334 e. The van der Waals surface area contributed by atoms with Crippen molar-refractivity contribution in [3.63, 3.8) is 0 Å². The monoisotopic (exact) mass is 434 g/mol. The quantitative estimate of drug-likeness (QED) is 0.551. The number of anilines is 1. The highest BCUT2D eigenvalue weighted by Crippen LogP contribution is 2.32. The van der Waals surface area contributed by atoms with Crippen LogP contribution in [0.15, 0.2) is 83.8 Å². The summed E-state index contributed by atoms with van der Waals surface area (Å²) in [5.41, 5.74) is 3.17. The van der Waals surface area contributed by atoms with E-state index in [0.29, 0.717) is 31.6 Å². The third-order valence-electron chi connectivity index (χ3n) is 5.51. The number of sulfonamides is 1. The molecule has 1 aliphatic rings. The van der Waals surface area contributed by atoms with Gasteiger partial charge in [0.05, 0.1) is 10.6 Å². The van der Waals surface area contributed by atoms with Crippen LogP contribution in [0.1, 0.15) is 34.8 Å². The van der Waals surface area contributed by atoms with Crippen molar-refractivity contribution < 1.29 is 13.2 Å². The third kappa shape index (κ3) is 4.35. The summed E-state index contributed by atoms with van der Waals surface area (Å²) in [4.78, 5) is 15.2. The van der Waals surface area contributed by atoms with Gasteiger partial charge in [0, 0.05) is 25.2 Å². The normalized spacial score (nSPS) is 13.1. The van der Waals surface area contributed by atoms with Gasteiger partial charge in [-0.15, -0.1) is 0 Å². The molecule has 0 unspecified atom stereocenters. The van der Waals surface area contributed by atoms with Crippen molar-refractivity contribution in [1.29, 1.82) is 0 Å². The smallest absolute Gasteiger partial charge is 0.264 e. The molecule has 0 atom stereocenters. The first-order valence-electron chi connectivity index (χ1n) is 10.5. The van der Waals surface area contributed by atoms with Gasteiger partial charge >= 0.3 is 0 Å². The number of fused-ring (bicyclic) bond motifs is 1. The first-order chi connectivity index (χ1) is 15.0. The largest absolute Gasteiger partial charge is 0.334 e. The molecular formula is C25H26N2O3S. The van der Waals surface area contributed by atoms with Gasteiger partial charge in [-0.1, -0.05) is 61.5 Å². The summed E-state index contributed by atoms with van der Waals surface area (Å²) >= 11 is 0. The Balaban J connectivity index is 1.62. The van der Waals surface area contributed by atoms with Gasteiger partial charge in [-0.25, -0.2) is 8.42 Å². The second-order valence-corrected chi connectivity index (χ2v) is 9.56. The minimum atomic E-state index is -3.74. The Morgan fingerprint density at radius 3 is 2.48 bits per heavy atom. The van der Waals surface area contributed by atoms with Gasteiger partial charge in [0.1, 0.15) is 0 Å². The van der Waals surface area contributed by atoms with E-state index < -0.39 is 10.0 Å². The van der Waals surface area contributed by atoms with Gasteiger partial charge in [0.15, 0.2) is 0 Å². The molecule has 1 aliphatic heterocycles. The van der Waals surface area contributed by atoms with Crippen LogP contribution in [-0.4, -0.2) is 32.3 Å². The van der Waals surface area contributed by atoms with Gasteiger partial charge in [-0.2, -0.15) is 0 Å². The fraction of sp³-hybridized carbons (Fsp3) is 0.240. The van der Waals surface area contributed by atoms with E-state index in [4.69, 9.17) is 0 Å². The molecular weight excluding hydrogens is 408 g/mol. The summed E-state index contributed by atoms with van der Waals surface area (Å²) in [6.07, 6.45) is 1.51. The van der Waals surface area contributed by atoms with Crippen molar-refractivity contribution in [3.05, 3.63) is 95.6 Å². The van der Waals surface area contributed by atoms with Crippen molar-refractivity contribution in [1.82, 2.24) is 4.90 Å². The summed E-state index contributed by atoms with van der Waals surface area (Å²) in [6.45, 7) is 3.53. The van der Waals surface area contributed by atoms with Crippen molar-refractivity contribution in [2.24, 2.45) is 0 Å². The number of benzene rings is 3. The lowest BCUT2D eigenvalue weighted by Crippen LogP contribution is -2.32. The Bertz CT molecular complexity index is 1180. The van der Waals surface area contributed by atoms with Crippen LogP contribution in [0, 0.1) is 0 Å². The predicted molar refractivity (Wildman–Crippen MR) is 123 cm³/mol. The van der Waals surface area contributed by atoms with Crippen LogP contribution < -0.4 is 4.31 Å². The van der Waals surface area contributed by atoms with E-state index in [0.717, 1.165) is 23.2 Å². The Hall–Kier alpha value is -3.12. The molecule has 3 aromatic rings. The summed E-state index contributed by atoms with van der Waals surface area (Å²) in [5.74, 6) is -0.162. The molecule has 0 bridgehead atoms. The fourth-order valence-electron chi connectivity index (χ4n) is 3.98. The van der Waals surface area contributed by atoms with Crippen LogP contribution in [0.25, 0.3) is 0 Å². The maximum absolute atomic E-state index is 13.4. The topological polar surface area (TPSA) is 57.7 Å². The number of hydrogen-bond donors (Lipinski definition) is 0. The van der Waals surface area contributed by atoms with E-state index in [2.05, 4.69) is 0 Å². The van der Waals surface area contributed by atoms with E-state index in [-0.39, 0.29) is 10.8 Å². The van der Waals surface area contributed by atoms with E-state index in [1.54, 1.807) is 23.1 Å². The molecule has 0 fully saturated rings. The average molecular weight is 435 g/mol. The minimum absolute atomic E-state index is 0.145. The summed E-state index contributed by atoms with van der Waals surface area (Å²) in [6, 6.07) is 23.8. The number of hydrogen-bond acceptors (Lipinski definition) is 3. The summed E-state index contributed by atoms with van der Waals surface area (Å²) < 4.78 is 28.2. The number of nitrogens with zero attached hydrogens (tertiary/aromatic N) is 2. The van der Waals surface area contributed by atoms with Crippen molar-refractivity contribution >= 4 is 21.6 Å². The van der Waals surface area contributed by atoms with Gasteiger partial charge < -0.3 is 4.90 Å². The molecule has 0 saturated carbocycles. The van der Waals surface area contributed by atoms with Gasteiger partial charge in [0.25, 0.3) is 15.9 Å². The Morgan fingerprint density at radius 1 is 0.968 bits per heavy atom. The summed E-state index contributed by atoms with van der Waals surface area (Å²) in [7, 11) is -3.74. The molecule has 0 aromatic heterocycles. The second kappa shape index (κ2) is 8.94. The lowest BCUT2D eigenvalue weighted by Gasteiger charge is -2.23. The zero-order valence-electron chi connectivity index (χ0n) is 17.6. The number of carbonyl (C=O) groups is 1. The molecule has 5 nitrogen and oxygen atoms in total. The first kappa shape index (κ1) is 21.1. The number of rotatable bonds is 7. The summed E-state index contributed by atoms with van der Waals surface area (Å²) in [5, 5.41) is 0. The number of amides is 1. The van der Waals surface area contributed by atoms with Crippen LogP contribution in [-0.2, 0) is 23.0 Å². The SMILES string of the molecule is CCCN(Cc1ccccc1)C(=O)c1cccc(S(=O)(=O)N2CCc3ccccc32)c1. The van der Waals surface area contributed by atoms with Crippen molar-refractivity contribution in [2.75, 3.05) is 17.4 Å². The van der Waals surface area contributed by atoms with E-state index in [1.807, 2.05) is 61.5 Å². The van der Waals surface area contributed by atoms with Crippen LogP contribution >= 0.6 is 0 Å². The Kier molecular flexibility index (Phi) is 6.09. The van der Waals surface area contributed by atoms with Crippen LogP contribution in [0.5, 0.6) is 0 Å². The lowest BCUT2D eigenvalue weighted by molar-refractivity contribution is 0.0743. The van der Waals surface area contributed by atoms with Crippen LogP contribution in [0.3, 0.4) is 0 Å². The Labute approximate surface area is 184 Å². The molecule has 6 heteroatoms. The Morgan fingerprint density at radius 2 is 1.71 bits per heavy atom. The molecule has 0 spiro atoms. The van der Waals surface area contributed by atoms with Crippen molar-refractivity contribution in [2.45, 2.75) is 31.2 Å². The highest BCUT2D eigenvalue weighted by atomic mass is 32.2. The molecule has 1 heterocycles. The number of para-hydroxylation sites is 1. The zero-order valence-corrected chi connectivity index (χ0v) is 18.4. The molecule has 0 aliphatic carbocycles. The highest BCUT2D eigenvalue weighted by Gasteiger charge is 2.31. The fourth-order valence-corrected chi connectivity index (χ4v) is 5.53. The van der Waals surface area contributed by atoms with Gasteiger partial charge in [0.2, 0.25) is 0 Å². The average Bonchev–Trinajstić information content (AvgIpc) is 3.24. The van der Waals surface area contributed by atoms with E-state index in [1.165, 1.54) is 10.4 Å². The first-order valence-corrected chi connectivity index (χ1v) is 12.0. The van der Waals surface area contributed by atoms with E-state index in [9.17, 15) is 13.2 Å². The van der Waals surface area contributed by atoms with E-state index >= 15 is 0 Å². The third-order valence-corrected chi connectivity index (χ3v) is 7.32. The standard InChI is InChI=1S/C25H26N2O3S/c1-2-16-26(19-20-9-4-3-5-10-20)25(28)22-12-8-13-23(18-22)31(29,30)27-17-15-21-11-6-7-14-24(21)27/h3-14,18H,2,15-17,19H2,1H3. The zero-order chi connectivity index (χ0) is 21.8. The maximum Gasteiger partial charge on any atom is 0.264 e. The molecule has 3 aromatic carbocycles. The molecule has 0 N–H and O–H groups in total. The van der Waals surface area contributed by atoms with Gasteiger partial charge in [-0.3, -0.25) is 9.10 Å². The number of carbonyl (C=O) groups excluding carboxylic acids is 1. The lowest BCUT2D eigenvalue weighted by atomic mass is 10.1. The predicted octanol–water partition coefficient (Wildman–Crippen LogP) is 4.49. The second-order valence-electron chi connectivity index (χ2n) is 7.70. The molecule has 4 rings (SSSR count). The van der Waals surface area contributed by atoms with Crippen molar-refractivity contribution in [3.8, 4) is 0 Å². The molecule has 31 heavy (non-hydrogen) atoms. The maximum atomic E-state index is 13.4. The molecule has 0 saturated heterocycles. The molecule has 0 radical (unpaired) electrons.